The van der Waals surface area contributed by atoms with Crippen molar-refractivity contribution in [3.63, 3.8) is 0 Å². The first-order valence-corrected chi connectivity index (χ1v) is 15.2. The first kappa shape index (κ1) is 31.4. The topological polar surface area (TPSA) is 167 Å². The Hall–Kier alpha value is -4.99. The van der Waals surface area contributed by atoms with Crippen molar-refractivity contribution in [3.8, 4) is 17.5 Å². The minimum atomic E-state index is -0.673. The lowest BCUT2D eigenvalue weighted by molar-refractivity contribution is -0.124. The van der Waals surface area contributed by atoms with E-state index in [0.717, 1.165) is 49.3 Å². The van der Waals surface area contributed by atoms with Crippen molar-refractivity contribution < 1.29 is 19.1 Å². The number of nitrogens with zero attached hydrogens (tertiary/aromatic N) is 6. The van der Waals surface area contributed by atoms with Crippen molar-refractivity contribution in [2.24, 2.45) is 5.41 Å². The highest BCUT2D eigenvalue weighted by Gasteiger charge is 2.39. The van der Waals surface area contributed by atoms with Crippen molar-refractivity contribution in [1.82, 2.24) is 30.2 Å². The van der Waals surface area contributed by atoms with Crippen LogP contribution >= 0.6 is 0 Å². The monoisotopic (exact) mass is 613 g/mol. The van der Waals surface area contributed by atoms with Gasteiger partial charge in [0.1, 0.15) is 30.1 Å². The minimum Gasteiger partial charge on any atom is -0.495 e. The number of nitriles is 1. The average Bonchev–Trinajstić information content (AvgIpc) is 3.72. The maximum absolute atomic E-state index is 12.9. The van der Waals surface area contributed by atoms with E-state index in [1.807, 2.05) is 25.3 Å². The van der Waals surface area contributed by atoms with E-state index in [1.165, 1.54) is 7.11 Å². The quantitative estimate of drug-likeness (QED) is 0.285. The second-order valence-electron chi connectivity index (χ2n) is 12.4. The minimum absolute atomic E-state index is 0.0484. The zero-order chi connectivity index (χ0) is 32.3. The molecule has 45 heavy (non-hydrogen) atoms. The summed E-state index contributed by atoms with van der Waals surface area (Å²) in [6.45, 7) is 7.36. The van der Waals surface area contributed by atoms with Crippen LogP contribution in [0.4, 0.5) is 17.5 Å². The summed E-state index contributed by atoms with van der Waals surface area (Å²) in [5, 5.41) is 18.2. The number of carbonyl (C=O) groups is 3. The number of hydrogen-bond donors (Lipinski definition) is 3. The lowest BCUT2D eigenvalue weighted by Gasteiger charge is -2.41. The lowest BCUT2D eigenvalue weighted by atomic mass is 9.88. The molecule has 13 nitrogen and oxygen atoms in total. The highest BCUT2D eigenvalue weighted by atomic mass is 16.5. The van der Waals surface area contributed by atoms with E-state index in [2.05, 4.69) is 43.8 Å². The molecule has 0 saturated heterocycles. The molecule has 2 amide bonds. The van der Waals surface area contributed by atoms with Gasteiger partial charge in [-0.25, -0.2) is 9.97 Å². The van der Waals surface area contributed by atoms with Crippen LogP contribution in [0.5, 0.6) is 5.75 Å². The normalized spacial score (nSPS) is 16.6. The molecular formula is C32H39N9O4. The molecule has 0 spiro atoms. The van der Waals surface area contributed by atoms with E-state index in [0.29, 0.717) is 41.0 Å². The van der Waals surface area contributed by atoms with Crippen LogP contribution in [0.2, 0.25) is 0 Å². The third-order valence-electron chi connectivity index (χ3n) is 8.43. The molecule has 0 bridgehead atoms. The van der Waals surface area contributed by atoms with Crippen LogP contribution in [-0.4, -0.2) is 63.4 Å². The van der Waals surface area contributed by atoms with Gasteiger partial charge in [-0.15, -0.1) is 0 Å². The third kappa shape index (κ3) is 6.31. The van der Waals surface area contributed by atoms with Crippen LogP contribution < -0.4 is 25.6 Å². The van der Waals surface area contributed by atoms with Crippen LogP contribution in [0.15, 0.2) is 30.7 Å². The van der Waals surface area contributed by atoms with Gasteiger partial charge in [0.05, 0.1) is 43.3 Å². The Morgan fingerprint density at radius 3 is 2.62 bits per heavy atom. The molecule has 1 saturated carbocycles. The van der Waals surface area contributed by atoms with Crippen LogP contribution in [0.1, 0.15) is 87.6 Å². The number of anilines is 3. The molecule has 1 aromatic carbocycles. The summed E-state index contributed by atoms with van der Waals surface area (Å²) in [5.74, 6) is 0.582. The number of aromatic nitrogens is 4. The highest BCUT2D eigenvalue weighted by Crippen LogP contribution is 2.44. The summed E-state index contributed by atoms with van der Waals surface area (Å²) in [5.41, 5.74) is 2.45. The Bertz CT molecular complexity index is 1630. The van der Waals surface area contributed by atoms with Gasteiger partial charge >= 0.3 is 0 Å². The number of benzene rings is 1. The van der Waals surface area contributed by atoms with Gasteiger partial charge in [-0.3, -0.25) is 14.2 Å². The predicted molar refractivity (Wildman–Crippen MR) is 168 cm³/mol. The molecule has 2 atom stereocenters. The summed E-state index contributed by atoms with van der Waals surface area (Å²) in [6, 6.07) is 6.69. The predicted octanol–water partition coefficient (Wildman–Crippen LogP) is 3.96. The van der Waals surface area contributed by atoms with E-state index in [9.17, 15) is 19.6 Å². The first-order chi connectivity index (χ1) is 21.6. The largest absolute Gasteiger partial charge is 0.495 e. The van der Waals surface area contributed by atoms with E-state index < -0.39 is 23.3 Å². The number of amides is 2. The van der Waals surface area contributed by atoms with Crippen molar-refractivity contribution in [1.29, 1.82) is 5.26 Å². The van der Waals surface area contributed by atoms with Crippen molar-refractivity contribution in [2.45, 2.75) is 77.9 Å². The fourth-order valence-electron chi connectivity index (χ4n) is 6.02. The number of rotatable bonds is 10. The number of imidazole rings is 1. The van der Waals surface area contributed by atoms with E-state index in [4.69, 9.17) is 9.72 Å². The summed E-state index contributed by atoms with van der Waals surface area (Å²) in [4.78, 5) is 52.8. The number of nitrogens with one attached hydrogen (secondary N) is 3. The van der Waals surface area contributed by atoms with Gasteiger partial charge < -0.3 is 30.4 Å². The number of methoxy groups -OCH3 is 1. The second-order valence-corrected chi connectivity index (χ2v) is 12.4. The Balaban J connectivity index is 1.36. The standard InChI is InChI=1S/C32H39N9O4/c1-6-23-28-22(14-33)36-18-40(28)24-15-35-31(39-29(24)41(23)20-9-7-8-10-20)37-21-12-11-19(13-25(21)45-5)30(44)34-16-27(43)38-26(17-42)32(2,3)4/h11-13,15,17-18,20,23,26H,6-10,16H2,1-5H3,(H,34,44)(H,38,43)(H,35,37,39). The molecule has 5 rings (SSSR count). The molecule has 236 valence electrons. The zero-order valence-electron chi connectivity index (χ0n) is 26.3. The van der Waals surface area contributed by atoms with E-state index >= 15 is 0 Å². The van der Waals surface area contributed by atoms with E-state index in [1.54, 1.807) is 30.7 Å². The summed E-state index contributed by atoms with van der Waals surface area (Å²) in [7, 11) is 1.50. The van der Waals surface area contributed by atoms with Crippen LogP contribution in [-0.2, 0) is 9.59 Å². The summed E-state index contributed by atoms with van der Waals surface area (Å²) < 4.78 is 7.50. The maximum Gasteiger partial charge on any atom is 0.251 e. The van der Waals surface area contributed by atoms with Gasteiger partial charge in [0.15, 0.2) is 11.5 Å². The fraction of sp³-hybridized carbons (Fsp3) is 0.469. The fourth-order valence-corrected chi connectivity index (χ4v) is 6.02. The average molecular weight is 614 g/mol. The van der Waals surface area contributed by atoms with Crippen LogP contribution in [0.25, 0.3) is 5.69 Å². The molecule has 2 unspecified atom stereocenters. The highest BCUT2D eigenvalue weighted by molar-refractivity contribution is 5.97. The molecule has 3 N–H and O–H groups in total. The van der Waals surface area contributed by atoms with Crippen molar-refractivity contribution >= 4 is 35.6 Å². The molecular weight excluding hydrogens is 574 g/mol. The Morgan fingerprint density at radius 1 is 1.22 bits per heavy atom. The molecule has 2 aliphatic rings. The summed E-state index contributed by atoms with van der Waals surface area (Å²) >= 11 is 0. The molecule has 3 aromatic rings. The molecule has 0 radical (unpaired) electrons. The Morgan fingerprint density at radius 2 is 1.98 bits per heavy atom. The number of hydrogen-bond acceptors (Lipinski definition) is 10. The maximum atomic E-state index is 12.9. The number of aldehydes is 1. The van der Waals surface area contributed by atoms with Crippen LogP contribution in [0, 0.1) is 16.7 Å². The van der Waals surface area contributed by atoms with E-state index in [-0.39, 0.29) is 12.6 Å². The SMILES string of the molecule is CCC1c2c(C#N)ncn2-c2cnc(Nc3ccc(C(=O)NCC(=O)NC(C=O)C(C)(C)C)cc3OC)nc2N1C1CCCC1. The van der Waals surface area contributed by atoms with Crippen LogP contribution in [0.3, 0.4) is 0 Å². The summed E-state index contributed by atoms with van der Waals surface area (Å²) in [6.07, 6.45) is 9.26. The molecule has 1 fully saturated rings. The van der Waals surface area contributed by atoms with Crippen molar-refractivity contribution in [2.75, 3.05) is 23.9 Å². The Labute approximate surface area is 262 Å². The smallest absolute Gasteiger partial charge is 0.251 e. The number of ether oxygens (including phenoxy) is 1. The molecule has 2 aromatic heterocycles. The zero-order valence-corrected chi connectivity index (χ0v) is 26.3. The molecule has 1 aliphatic carbocycles. The first-order valence-electron chi connectivity index (χ1n) is 15.2. The van der Waals surface area contributed by atoms with Gasteiger partial charge in [0.25, 0.3) is 5.91 Å². The molecule has 3 heterocycles. The third-order valence-corrected chi connectivity index (χ3v) is 8.43. The second kappa shape index (κ2) is 12.9. The number of carbonyl (C=O) groups excluding carboxylic acids is 3. The molecule has 1 aliphatic heterocycles. The lowest BCUT2D eigenvalue weighted by Crippen LogP contribution is -2.48. The van der Waals surface area contributed by atoms with Gasteiger partial charge in [-0.1, -0.05) is 40.5 Å². The Kier molecular flexibility index (Phi) is 9.04. The van der Waals surface area contributed by atoms with Gasteiger partial charge in [-0.05, 0) is 42.9 Å². The van der Waals surface area contributed by atoms with Crippen molar-refractivity contribution in [3.05, 3.63) is 47.7 Å². The van der Waals surface area contributed by atoms with Gasteiger partial charge in [0, 0.05) is 11.6 Å². The molecule has 13 heteroatoms. The van der Waals surface area contributed by atoms with Gasteiger partial charge in [-0.2, -0.15) is 10.2 Å². The number of fused-ring (bicyclic) bond motifs is 3. The van der Waals surface area contributed by atoms with Gasteiger partial charge in [0.2, 0.25) is 11.9 Å².